The fourth-order valence-electron chi connectivity index (χ4n) is 2.35. The predicted octanol–water partition coefficient (Wildman–Crippen LogP) is 2.60. The van der Waals surface area contributed by atoms with Crippen molar-refractivity contribution < 1.29 is 9.18 Å². The summed E-state index contributed by atoms with van der Waals surface area (Å²) in [7, 11) is 0. The second-order valence-corrected chi connectivity index (χ2v) is 5.55. The van der Waals surface area contributed by atoms with Crippen molar-refractivity contribution in [2.24, 2.45) is 0 Å². The van der Waals surface area contributed by atoms with Gasteiger partial charge in [-0.25, -0.2) is 4.39 Å². The highest BCUT2D eigenvalue weighted by atomic mass is 19.1. The Hall–Kier alpha value is -2.96. The van der Waals surface area contributed by atoms with Crippen molar-refractivity contribution in [3.05, 3.63) is 65.9 Å². The average molecular weight is 327 g/mol. The Balaban J connectivity index is 1.52. The van der Waals surface area contributed by atoms with Gasteiger partial charge in [0.05, 0.1) is 12.2 Å². The molecule has 124 valence electrons. The van der Waals surface area contributed by atoms with Gasteiger partial charge in [0.1, 0.15) is 5.82 Å². The molecule has 0 saturated heterocycles. The lowest BCUT2D eigenvalue weighted by atomic mass is 10.2. The van der Waals surface area contributed by atoms with E-state index in [-0.39, 0.29) is 11.7 Å². The van der Waals surface area contributed by atoms with Crippen molar-refractivity contribution in [1.82, 2.24) is 19.6 Å². The first-order valence-corrected chi connectivity index (χ1v) is 7.66. The number of anilines is 1. The molecule has 0 aliphatic rings. The van der Waals surface area contributed by atoms with Gasteiger partial charge in [-0.2, -0.15) is 10.2 Å². The number of aryl methyl sites for hydroxylation is 2. The molecule has 0 bridgehead atoms. The van der Waals surface area contributed by atoms with Gasteiger partial charge in [0, 0.05) is 31.4 Å². The van der Waals surface area contributed by atoms with Gasteiger partial charge in [0.2, 0.25) is 5.91 Å². The number of nitrogens with one attached hydrogen (secondary N) is 1. The zero-order valence-corrected chi connectivity index (χ0v) is 13.3. The van der Waals surface area contributed by atoms with Crippen LogP contribution in [0.15, 0.2) is 48.8 Å². The van der Waals surface area contributed by atoms with Crippen LogP contribution in [-0.4, -0.2) is 25.5 Å². The van der Waals surface area contributed by atoms with Crippen LogP contribution >= 0.6 is 0 Å². The molecule has 24 heavy (non-hydrogen) atoms. The Morgan fingerprint density at radius 2 is 2.00 bits per heavy atom. The van der Waals surface area contributed by atoms with E-state index in [1.807, 2.05) is 25.3 Å². The molecule has 1 N–H and O–H groups in total. The first kappa shape index (κ1) is 15.9. The molecule has 1 aromatic carbocycles. The van der Waals surface area contributed by atoms with Crippen molar-refractivity contribution in [3.63, 3.8) is 0 Å². The summed E-state index contributed by atoms with van der Waals surface area (Å²) in [4.78, 5) is 12.0. The molecule has 0 spiro atoms. The third kappa shape index (κ3) is 4.28. The summed E-state index contributed by atoms with van der Waals surface area (Å²) in [5.74, 6) is 0.0780. The fraction of sp³-hybridized carbons (Fsp3) is 0.235. The van der Waals surface area contributed by atoms with Gasteiger partial charge in [-0.05, 0) is 30.7 Å². The lowest BCUT2D eigenvalue weighted by Gasteiger charge is -2.04. The Morgan fingerprint density at radius 3 is 2.75 bits per heavy atom. The molecule has 6 nitrogen and oxygen atoms in total. The van der Waals surface area contributed by atoms with E-state index in [4.69, 9.17) is 0 Å². The molecule has 1 amide bonds. The van der Waals surface area contributed by atoms with E-state index < -0.39 is 0 Å². The monoisotopic (exact) mass is 327 g/mol. The van der Waals surface area contributed by atoms with Crippen molar-refractivity contribution >= 4 is 11.7 Å². The van der Waals surface area contributed by atoms with Crippen LogP contribution in [0.1, 0.15) is 17.7 Å². The Bertz CT molecular complexity index is 839. The molecule has 0 unspecified atom stereocenters. The molecular weight excluding hydrogens is 309 g/mol. The van der Waals surface area contributed by atoms with Gasteiger partial charge in [-0.3, -0.25) is 14.2 Å². The van der Waals surface area contributed by atoms with Gasteiger partial charge in [0.25, 0.3) is 0 Å². The largest absolute Gasteiger partial charge is 0.309 e. The minimum absolute atomic E-state index is 0.126. The predicted molar refractivity (Wildman–Crippen MR) is 87.9 cm³/mol. The highest BCUT2D eigenvalue weighted by Gasteiger charge is 2.06. The molecule has 3 rings (SSSR count). The molecular formula is C17H18FN5O. The van der Waals surface area contributed by atoms with E-state index in [1.54, 1.807) is 27.7 Å². The summed E-state index contributed by atoms with van der Waals surface area (Å²) in [6.07, 6.45) is 3.91. The van der Waals surface area contributed by atoms with E-state index in [0.717, 1.165) is 11.3 Å². The molecule has 0 aliphatic heterocycles. The highest BCUT2D eigenvalue weighted by Crippen LogP contribution is 2.08. The van der Waals surface area contributed by atoms with Crippen LogP contribution in [0.3, 0.4) is 0 Å². The normalized spacial score (nSPS) is 10.8. The number of carbonyl (C=O) groups is 1. The topological polar surface area (TPSA) is 64.7 Å². The first-order valence-electron chi connectivity index (χ1n) is 7.66. The molecule has 7 heteroatoms. The molecule has 0 saturated carbocycles. The van der Waals surface area contributed by atoms with Gasteiger partial charge >= 0.3 is 0 Å². The number of nitrogens with zero attached hydrogens (tertiary/aromatic N) is 4. The van der Waals surface area contributed by atoms with Crippen LogP contribution in [0.2, 0.25) is 0 Å². The van der Waals surface area contributed by atoms with Gasteiger partial charge in [-0.1, -0.05) is 12.1 Å². The zero-order chi connectivity index (χ0) is 16.9. The van der Waals surface area contributed by atoms with Crippen LogP contribution in [-0.2, 0) is 17.9 Å². The molecule has 0 aliphatic carbocycles. The van der Waals surface area contributed by atoms with Gasteiger partial charge in [0.15, 0.2) is 5.82 Å². The Labute approximate surface area is 138 Å². The van der Waals surface area contributed by atoms with Crippen molar-refractivity contribution in [2.45, 2.75) is 26.4 Å². The molecule has 0 atom stereocenters. The minimum Gasteiger partial charge on any atom is -0.309 e. The fourth-order valence-corrected chi connectivity index (χ4v) is 2.35. The summed E-state index contributed by atoms with van der Waals surface area (Å²) in [5, 5.41) is 11.3. The summed E-state index contributed by atoms with van der Waals surface area (Å²) >= 11 is 0. The van der Waals surface area contributed by atoms with Crippen molar-refractivity contribution in [3.8, 4) is 0 Å². The van der Waals surface area contributed by atoms with Crippen LogP contribution in [0.25, 0.3) is 0 Å². The number of amides is 1. The van der Waals surface area contributed by atoms with Crippen LogP contribution in [0.4, 0.5) is 10.2 Å². The van der Waals surface area contributed by atoms with E-state index in [0.29, 0.717) is 25.3 Å². The van der Waals surface area contributed by atoms with E-state index in [9.17, 15) is 9.18 Å². The number of carbonyl (C=O) groups excluding carboxylic acids is 1. The van der Waals surface area contributed by atoms with Gasteiger partial charge < -0.3 is 5.32 Å². The number of aromatic nitrogens is 4. The van der Waals surface area contributed by atoms with Crippen LogP contribution < -0.4 is 5.32 Å². The quantitative estimate of drug-likeness (QED) is 0.757. The summed E-state index contributed by atoms with van der Waals surface area (Å²) in [6.45, 7) is 2.87. The molecule has 0 fully saturated rings. The highest BCUT2D eigenvalue weighted by molar-refractivity contribution is 5.89. The van der Waals surface area contributed by atoms with Crippen LogP contribution in [0.5, 0.6) is 0 Å². The molecule has 0 radical (unpaired) electrons. The molecule has 2 aromatic heterocycles. The maximum atomic E-state index is 13.2. The van der Waals surface area contributed by atoms with E-state index >= 15 is 0 Å². The van der Waals surface area contributed by atoms with Crippen molar-refractivity contribution in [1.29, 1.82) is 0 Å². The maximum absolute atomic E-state index is 13.2. The first-order chi connectivity index (χ1) is 11.6. The number of hydrogen-bond donors (Lipinski definition) is 1. The second kappa shape index (κ2) is 7.08. The second-order valence-electron chi connectivity index (χ2n) is 5.55. The van der Waals surface area contributed by atoms with Gasteiger partial charge in [-0.15, -0.1) is 0 Å². The maximum Gasteiger partial charge on any atom is 0.227 e. The Kier molecular flexibility index (Phi) is 4.69. The summed E-state index contributed by atoms with van der Waals surface area (Å²) in [6, 6.07) is 9.97. The lowest BCUT2D eigenvalue weighted by molar-refractivity contribution is -0.116. The third-order valence-electron chi connectivity index (χ3n) is 3.48. The third-order valence-corrected chi connectivity index (χ3v) is 3.48. The minimum atomic E-state index is -0.276. The van der Waals surface area contributed by atoms with Crippen molar-refractivity contribution in [2.75, 3.05) is 5.32 Å². The molecule has 3 aromatic rings. The zero-order valence-electron chi connectivity index (χ0n) is 13.3. The molecule has 2 heterocycles. The summed E-state index contributed by atoms with van der Waals surface area (Å²) in [5.41, 5.74) is 1.73. The summed E-state index contributed by atoms with van der Waals surface area (Å²) < 4.78 is 16.6. The number of halogens is 1. The van der Waals surface area contributed by atoms with E-state index in [1.165, 1.54) is 12.1 Å². The number of rotatable bonds is 6. The number of benzene rings is 1. The van der Waals surface area contributed by atoms with Crippen LogP contribution in [0, 0.1) is 12.7 Å². The lowest BCUT2D eigenvalue weighted by Crippen LogP contribution is -2.15. The Morgan fingerprint density at radius 1 is 1.17 bits per heavy atom. The SMILES string of the molecule is Cc1ccn(CCC(=O)Nc2ccn(Cc3cccc(F)c3)n2)n1. The van der Waals surface area contributed by atoms with E-state index in [2.05, 4.69) is 15.5 Å². The standard InChI is InChI=1S/C17H18FN5O/c1-13-5-8-22(20-13)10-7-17(24)19-16-6-9-23(21-16)12-14-3-2-4-15(18)11-14/h2-6,8-9,11H,7,10,12H2,1H3,(H,19,21,24). The average Bonchev–Trinajstić information content (AvgIpc) is 3.14. The smallest absolute Gasteiger partial charge is 0.227 e. The number of hydrogen-bond acceptors (Lipinski definition) is 3.